The average Bonchev–Trinajstić information content (AvgIpc) is 3.06. The summed E-state index contributed by atoms with van der Waals surface area (Å²) in [4.78, 5) is 41.1. The summed E-state index contributed by atoms with van der Waals surface area (Å²) >= 11 is 1.64. The molecule has 1 atom stereocenters. The molecular weight excluding hydrogens is 560 g/mol. The van der Waals surface area contributed by atoms with E-state index >= 15 is 0 Å². The molecule has 1 N–H and O–H groups in total. The summed E-state index contributed by atoms with van der Waals surface area (Å²) < 4.78 is 11.0. The lowest BCUT2D eigenvalue weighted by atomic mass is 10.00. The van der Waals surface area contributed by atoms with Crippen molar-refractivity contribution < 1.29 is 23.9 Å². The number of hydrogen-bond acceptors (Lipinski definition) is 7. The zero-order chi connectivity index (χ0) is 30.6. The molecule has 43 heavy (non-hydrogen) atoms. The van der Waals surface area contributed by atoms with Crippen LogP contribution in [0.4, 0.5) is 11.4 Å². The minimum Gasteiger partial charge on any atom is -0.492 e. The highest BCUT2D eigenvalue weighted by atomic mass is 32.2. The molecular formula is C35H34N2O5S. The summed E-state index contributed by atoms with van der Waals surface area (Å²) in [6, 6.07) is 30.6. The first-order valence-electron chi connectivity index (χ1n) is 13.8. The van der Waals surface area contributed by atoms with Gasteiger partial charge in [0.05, 0.1) is 13.7 Å². The maximum absolute atomic E-state index is 13.2. The Morgan fingerprint density at radius 2 is 1.58 bits per heavy atom. The van der Waals surface area contributed by atoms with Crippen LogP contribution in [0.1, 0.15) is 21.5 Å². The molecule has 0 fully saturated rings. The lowest BCUT2D eigenvalue weighted by Gasteiger charge is -2.22. The average molecular weight is 595 g/mol. The third-order valence-corrected chi connectivity index (χ3v) is 7.54. The smallest absolute Gasteiger partial charge is 0.328 e. The van der Waals surface area contributed by atoms with E-state index in [1.807, 2.05) is 79.1 Å². The molecule has 1 amide bonds. The highest BCUT2D eigenvalue weighted by molar-refractivity contribution is 7.98. The molecule has 0 saturated carbocycles. The van der Waals surface area contributed by atoms with Crippen molar-refractivity contribution in [2.75, 3.05) is 36.7 Å². The number of ether oxygens (including phenoxy) is 2. The van der Waals surface area contributed by atoms with E-state index in [9.17, 15) is 14.4 Å². The van der Waals surface area contributed by atoms with Crippen LogP contribution in [0.25, 0.3) is 0 Å². The minimum absolute atomic E-state index is 0.140. The summed E-state index contributed by atoms with van der Waals surface area (Å²) in [5, 5.41) is 3.22. The van der Waals surface area contributed by atoms with Gasteiger partial charge in [0.1, 0.15) is 18.4 Å². The molecule has 0 saturated heterocycles. The Kier molecular flexibility index (Phi) is 11.2. The van der Waals surface area contributed by atoms with Gasteiger partial charge in [-0.1, -0.05) is 61.2 Å². The third-order valence-electron chi connectivity index (χ3n) is 6.79. The number of carbonyl (C=O) groups is 3. The van der Waals surface area contributed by atoms with Gasteiger partial charge in [-0.3, -0.25) is 9.59 Å². The van der Waals surface area contributed by atoms with Gasteiger partial charge in [-0.15, -0.1) is 11.8 Å². The van der Waals surface area contributed by atoms with Gasteiger partial charge in [0.15, 0.2) is 5.78 Å². The van der Waals surface area contributed by atoms with Crippen LogP contribution in [0, 0.1) is 0 Å². The molecule has 0 aliphatic heterocycles. The normalized spacial score (nSPS) is 11.2. The van der Waals surface area contributed by atoms with Crippen LogP contribution in [0.15, 0.2) is 121 Å². The van der Waals surface area contributed by atoms with Gasteiger partial charge < -0.3 is 19.7 Å². The van der Waals surface area contributed by atoms with E-state index in [1.54, 1.807) is 47.0 Å². The number of amides is 1. The highest BCUT2D eigenvalue weighted by Gasteiger charge is 2.23. The fourth-order valence-corrected chi connectivity index (χ4v) is 4.93. The van der Waals surface area contributed by atoms with Crippen LogP contribution in [-0.4, -0.2) is 50.2 Å². The number of rotatable bonds is 14. The highest BCUT2D eigenvalue weighted by Crippen LogP contribution is 2.23. The van der Waals surface area contributed by atoms with Crippen molar-refractivity contribution in [3.8, 4) is 5.75 Å². The molecule has 0 aliphatic rings. The van der Waals surface area contributed by atoms with Crippen molar-refractivity contribution >= 4 is 40.8 Å². The predicted octanol–water partition coefficient (Wildman–Crippen LogP) is 6.43. The van der Waals surface area contributed by atoms with Gasteiger partial charge >= 0.3 is 5.97 Å². The zero-order valence-electron chi connectivity index (χ0n) is 24.2. The summed E-state index contributed by atoms with van der Waals surface area (Å²) in [5.74, 6) is -0.155. The molecule has 220 valence electrons. The first kappa shape index (κ1) is 31.1. The van der Waals surface area contributed by atoms with Gasteiger partial charge in [0.25, 0.3) is 0 Å². The van der Waals surface area contributed by atoms with Gasteiger partial charge in [0.2, 0.25) is 5.91 Å². The van der Waals surface area contributed by atoms with Crippen molar-refractivity contribution in [1.82, 2.24) is 0 Å². The number of para-hydroxylation sites is 1. The maximum Gasteiger partial charge on any atom is 0.328 e. The van der Waals surface area contributed by atoms with Crippen molar-refractivity contribution in [2.45, 2.75) is 17.4 Å². The first-order valence-corrected chi connectivity index (χ1v) is 15.0. The molecule has 8 heteroatoms. The molecule has 4 rings (SSSR count). The van der Waals surface area contributed by atoms with Crippen molar-refractivity contribution in [3.05, 3.63) is 132 Å². The Balaban J connectivity index is 1.40. The number of thioether (sulfide) groups is 1. The summed E-state index contributed by atoms with van der Waals surface area (Å²) in [6.45, 7) is 4.25. The molecule has 0 aromatic heterocycles. The topological polar surface area (TPSA) is 84.9 Å². The molecule has 7 nitrogen and oxygen atoms in total. The van der Waals surface area contributed by atoms with E-state index in [0.29, 0.717) is 35.5 Å². The number of carbonyl (C=O) groups excluding carboxylic acids is 3. The Bertz CT molecular complexity index is 1540. The minimum atomic E-state index is -0.725. The monoisotopic (exact) mass is 594 g/mol. The number of anilines is 2. The summed E-state index contributed by atoms with van der Waals surface area (Å²) in [6.07, 6.45) is 3.62. The van der Waals surface area contributed by atoms with Crippen molar-refractivity contribution in [3.63, 3.8) is 0 Å². The number of benzene rings is 4. The van der Waals surface area contributed by atoms with E-state index in [2.05, 4.69) is 11.9 Å². The van der Waals surface area contributed by atoms with Crippen LogP contribution in [0.3, 0.4) is 0 Å². The first-order chi connectivity index (χ1) is 20.9. The second kappa shape index (κ2) is 15.4. The SMILES string of the molecule is C=CC(=O)N(CCOc1ccc(CC(Nc2ccccc2C(=O)c2ccccc2)C(=O)OC)cc1)c1ccc(SC)cc1. The standard InChI is InChI=1S/C35H34N2O5S/c1-4-33(38)37(27-16-20-29(43-3)21-17-27)22-23-42-28-18-14-25(15-19-28)24-32(35(40)41-2)36-31-13-9-8-12-30(31)34(39)26-10-6-5-7-11-26/h4-21,32,36H,1,22-24H2,2-3H3. The molecule has 1 unspecified atom stereocenters. The van der Waals surface area contributed by atoms with E-state index in [-0.39, 0.29) is 18.3 Å². The van der Waals surface area contributed by atoms with Gasteiger partial charge in [-0.05, 0) is 66.4 Å². The Hall–Kier alpha value is -4.82. The largest absolute Gasteiger partial charge is 0.492 e. The van der Waals surface area contributed by atoms with Gasteiger partial charge in [-0.25, -0.2) is 4.79 Å². The molecule has 4 aromatic carbocycles. The molecule has 0 radical (unpaired) electrons. The Morgan fingerprint density at radius 3 is 2.23 bits per heavy atom. The Labute approximate surface area is 256 Å². The number of hydrogen-bond donors (Lipinski definition) is 1. The maximum atomic E-state index is 13.2. The van der Waals surface area contributed by atoms with Gasteiger partial charge in [0, 0.05) is 33.8 Å². The molecule has 0 aliphatic carbocycles. The van der Waals surface area contributed by atoms with Gasteiger partial charge in [-0.2, -0.15) is 0 Å². The van der Waals surface area contributed by atoms with E-state index in [0.717, 1.165) is 16.1 Å². The van der Waals surface area contributed by atoms with E-state index in [4.69, 9.17) is 9.47 Å². The lowest BCUT2D eigenvalue weighted by Crippen LogP contribution is -2.33. The lowest BCUT2D eigenvalue weighted by molar-refractivity contribution is -0.141. The molecule has 4 aromatic rings. The molecule has 0 heterocycles. The number of nitrogens with zero attached hydrogens (tertiary/aromatic N) is 1. The molecule has 0 spiro atoms. The van der Waals surface area contributed by atoms with Crippen molar-refractivity contribution in [2.24, 2.45) is 0 Å². The second-order valence-electron chi connectivity index (χ2n) is 9.55. The van der Waals surface area contributed by atoms with Crippen LogP contribution in [0.2, 0.25) is 0 Å². The summed E-state index contributed by atoms with van der Waals surface area (Å²) in [7, 11) is 1.34. The summed E-state index contributed by atoms with van der Waals surface area (Å²) in [5.41, 5.74) is 3.23. The van der Waals surface area contributed by atoms with E-state index in [1.165, 1.54) is 13.2 Å². The fourth-order valence-electron chi connectivity index (χ4n) is 4.53. The third kappa shape index (κ3) is 8.36. The van der Waals surface area contributed by atoms with Crippen LogP contribution < -0.4 is 15.0 Å². The van der Waals surface area contributed by atoms with Crippen LogP contribution in [-0.2, 0) is 20.7 Å². The van der Waals surface area contributed by atoms with E-state index < -0.39 is 12.0 Å². The number of ketones is 1. The van der Waals surface area contributed by atoms with Crippen LogP contribution >= 0.6 is 11.8 Å². The Morgan fingerprint density at radius 1 is 0.907 bits per heavy atom. The van der Waals surface area contributed by atoms with Crippen molar-refractivity contribution in [1.29, 1.82) is 0 Å². The molecule has 0 bridgehead atoms. The fraction of sp³-hybridized carbons (Fsp3) is 0.171. The number of esters is 1. The number of nitrogens with one attached hydrogen (secondary N) is 1. The zero-order valence-corrected chi connectivity index (χ0v) is 25.0. The quantitative estimate of drug-likeness (QED) is 0.0779. The van der Waals surface area contributed by atoms with Crippen LogP contribution in [0.5, 0.6) is 5.75 Å². The second-order valence-corrected chi connectivity index (χ2v) is 10.4. The number of methoxy groups -OCH3 is 1. The predicted molar refractivity (Wildman–Crippen MR) is 172 cm³/mol.